The van der Waals surface area contributed by atoms with Crippen LogP contribution in [0.5, 0.6) is 0 Å². The predicted octanol–water partition coefficient (Wildman–Crippen LogP) is -1.36. The van der Waals surface area contributed by atoms with Crippen LogP contribution in [0.4, 0.5) is 0 Å². The van der Waals surface area contributed by atoms with Crippen LogP contribution in [0, 0.1) is 0 Å². The number of aliphatic hydroxyl groups is 2. The van der Waals surface area contributed by atoms with Gasteiger partial charge in [-0.3, -0.25) is 9.80 Å². The third-order valence-corrected chi connectivity index (χ3v) is 3.34. The zero-order chi connectivity index (χ0) is 14.1. The first-order chi connectivity index (χ1) is 9.13. The molecule has 1 unspecified atom stereocenters. The minimum absolute atomic E-state index is 0.264. The van der Waals surface area contributed by atoms with Gasteiger partial charge in [0.2, 0.25) is 0 Å². The fraction of sp³-hybridized carbons (Fsp3) is 1.00. The molecule has 0 spiro atoms. The highest BCUT2D eigenvalue weighted by molar-refractivity contribution is 4.66. The molecule has 114 valence electrons. The highest BCUT2D eigenvalue weighted by atomic mass is 16.5. The Bertz CT molecular complexity index is 214. The Morgan fingerprint density at radius 1 is 1.05 bits per heavy atom. The summed E-state index contributed by atoms with van der Waals surface area (Å²) in [6.45, 7) is 9.13. The molecule has 2 aliphatic rings. The van der Waals surface area contributed by atoms with Gasteiger partial charge in [0.25, 0.3) is 0 Å². The molecular formula is C12H27N3O4. The second-order valence-corrected chi connectivity index (χ2v) is 4.80. The van der Waals surface area contributed by atoms with Gasteiger partial charge in [-0.25, -0.2) is 0 Å². The molecule has 2 aliphatic heterocycles. The van der Waals surface area contributed by atoms with Crippen LogP contribution >= 0.6 is 0 Å². The van der Waals surface area contributed by atoms with Crippen molar-refractivity contribution in [2.45, 2.75) is 13.2 Å². The summed E-state index contributed by atoms with van der Waals surface area (Å²) >= 11 is 0. The van der Waals surface area contributed by atoms with Gasteiger partial charge in [-0.15, -0.1) is 0 Å². The summed E-state index contributed by atoms with van der Waals surface area (Å²) in [7, 11) is 0. The number of hydrogen-bond acceptors (Lipinski definition) is 7. The molecule has 3 N–H and O–H groups in total. The highest BCUT2D eigenvalue weighted by Gasteiger charge is 2.17. The zero-order valence-electron chi connectivity index (χ0n) is 11.7. The van der Waals surface area contributed by atoms with E-state index in [2.05, 4.69) is 4.90 Å². The number of aliphatic hydroxyl groups excluding tert-OH is 2. The molecule has 7 nitrogen and oxygen atoms in total. The monoisotopic (exact) mass is 277 g/mol. The first-order valence-electron chi connectivity index (χ1n) is 6.90. The maximum absolute atomic E-state index is 9.09. The van der Waals surface area contributed by atoms with Crippen molar-refractivity contribution < 1.29 is 20.2 Å². The van der Waals surface area contributed by atoms with E-state index in [0.717, 1.165) is 45.9 Å². The Morgan fingerprint density at radius 2 is 1.63 bits per heavy atom. The van der Waals surface area contributed by atoms with Crippen LogP contribution in [0.3, 0.4) is 0 Å². The van der Waals surface area contributed by atoms with Crippen molar-refractivity contribution >= 4 is 0 Å². The van der Waals surface area contributed by atoms with E-state index in [1.165, 1.54) is 5.06 Å². The van der Waals surface area contributed by atoms with Gasteiger partial charge >= 0.3 is 0 Å². The third kappa shape index (κ3) is 7.17. The number of nitrogens with zero attached hydrogens (tertiary/aromatic N) is 3. The largest absolute Gasteiger partial charge is 0.395 e. The second-order valence-electron chi connectivity index (χ2n) is 4.80. The van der Waals surface area contributed by atoms with E-state index in [0.29, 0.717) is 13.1 Å². The molecule has 7 heteroatoms. The Labute approximate surface area is 114 Å². The molecule has 2 rings (SSSR count). The normalized spacial score (nSPS) is 24.6. The van der Waals surface area contributed by atoms with Gasteiger partial charge in [-0.05, 0) is 6.92 Å². The molecule has 0 radical (unpaired) electrons. The van der Waals surface area contributed by atoms with Gasteiger partial charge < -0.3 is 20.2 Å². The van der Waals surface area contributed by atoms with E-state index in [9.17, 15) is 0 Å². The molecule has 0 aromatic heterocycles. The third-order valence-electron chi connectivity index (χ3n) is 3.34. The maximum atomic E-state index is 9.09. The van der Waals surface area contributed by atoms with Crippen molar-refractivity contribution in [2.24, 2.45) is 0 Å². The fourth-order valence-electron chi connectivity index (χ4n) is 2.05. The SMILES string of the molecule is CC(O)N1CCN(O)CC1.OCCN1CCOCC1. The molecular weight excluding hydrogens is 250 g/mol. The smallest absolute Gasteiger partial charge is 0.104 e. The molecule has 0 saturated carbocycles. The Morgan fingerprint density at radius 3 is 2.11 bits per heavy atom. The van der Waals surface area contributed by atoms with E-state index >= 15 is 0 Å². The van der Waals surface area contributed by atoms with Gasteiger partial charge in [-0.2, -0.15) is 5.06 Å². The van der Waals surface area contributed by atoms with E-state index in [1.807, 2.05) is 4.90 Å². The summed E-state index contributed by atoms with van der Waals surface area (Å²) in [6, 6.07) is 0. The van der Waals surface area contributed by atoms with Gasteiger partial charge in [0.15, 0.2) is 0 Å². The van der Waals surface area contributed by atoms with E-state index in [-0.39, 0.29) is 12.8 Å². The molecule has 0 amide bonds. The van der Waals surface area contributed by atoms with Crippen molar-refractivity contribution in [1.29, 1.82) is 0 Å². The van der Waals surface area contributed by atoms with Crippen molar-refractivity contribution in [1.82, 2.24) is 14.9 Å². The molecule has 0 aromatic carbocycles. The number of rotatable bonds is 3. The number of ether oxygens (including phenoxy) is 1. The standard InChI is InChI=1S/C6H14N2O2.C6H13NO2/c1-6(9)7-2-4-8(10)5-3-7;8-4-1-7-2-5-9-6-3-7/h6,9-10H,2-5H2,1H3;8H,1-6H2. The van der Waals surface area contributed by atoms with Crippen LogP contribution in [0.1, 0.15) is 6.92 Å². The summed E-state index contributed by atoms with van der Waals surface area (Å²) in [4.78, 5) is 4.12. The van der Waals surface area contributed by atoms with Crippen LogP contribution in [0.15, 0.2) is 0 Å². The Kier molecular flexibility index (Phi) is 8.47. The van der Waals surface area contributed by atoms with Crippen LogP contribution in [0.25, 0.3) is 0 Å². The molecule has 1 atom stereocenters. The highest BCUT2D eigenvalue weighted by Crippen LogP contribution is 2.01. The molecule has 19 heavy (non-hydrogen) atoms. The lowest BCUT2D eigenvalue weighted by atomic mass is 10.3. The fourth-order valence-corrected chi connectivity index (χ4v) is 2.05. The average molecular weight is 277 g/mol. The molecule has 0 aliphatic carbocycles. The first kappa shape index (κ1) is 16.8. The van der Waals surface area contributed by atoms with E-state index in [4.69, 9.17) is 20.2 Å². The molecule has 0 bridgehead atoms. The minimum atomic E-state index is -0.381. The first-order valence-corrected chi connectivity index (χ1v) is 6.90. The predicted molar refractivity (Wildman–Crippen MR) is 71.0 cm³/mol. The van der Waals surface area contributed by atoms with Gasteiger partial charge in [-0.1, -0.05) is 0 Å². The number of β-amino-alcohol motifs (C(OH)–C–C–N with tert-alkyl or cyclic N) is 1. The summed E-state index contributed by atoms with van der Waals surface area (Å²) in [5.41, 5.74) is 0. The topological polar surface area (TPSA) is 79.6 Å². The number of morpholine rings is 1. The van der Waals surface area contributed by atoms with Crippen LogP contribution < -0.4 is 0 Å². The van der Waals surface area contributed by atoms with Gasteiger partial charge in [0.05, 0.1) is 19.8 Å². The minimum Gasteiger partial charge on any atom is -0.395 e. The molecule has 2 saturated heterocycles. The van der Waals surface area contributed by atoms with Crippen LogP contribution in [0.2, 0.25) is 0 Å². The Balaban J connectivity index is 0.000000191. The van der Waals surface area contributed by atoms with Crippen molar-refractivity contribution in [3.63, 3.8) is 0 Å². The summed E-state index contributed by atoms with van der Waals surface area (Å²) in [6.07, 6.45) is -0.381. The molecule has 2 heterocycles. The lowest BCUT2D eigenvalue weighted by Gasteiger charge is -2.32. The van der Waals surface area contributed by atoms with Crippen molar-refractivity contribution in [2.75, 3.05) is 65.6 Å². The average Bonchev–Trinajstić information content (AvgIpc) is 2.41. The van der Waals surface area contributed by atoms with Crippen LogP contribution in [-0.4, -0.2) is 102 Å². The van der Waals surface area contributed by atoms with Gasteiger partial charge in [0.1, 0.15) is 6.23 Å². The van der Waals surface area contributed by atoms with Crippen LogP contribution in [-0.2, 0) is 4.74 Å². The van der Waals surface area contributed by atoms with Gasteiger partial charge in [0, 0.05) is 45.8 Å². The number of hydrogen-bond donors (Lipinski definition) is 3. The summed E-state index contributed by atoms with van der Waals surface area (Å²) < 4.78 is 5.12. The molecule has 2 fully saturated rings. The maximum Gasteiger partial charge on any atom is 0.104 e. The summed E-state index contributed by atoms with van der Waals surface area (Å²) in [5.74, 6) is 0. The van der Waals surface area contributed by atoms with E-state index < -0.39 is 0 Å². The Hall–Kier alpha value is -0.280. The zero-order valence-corrected chi connectivity index (χ0v) is 11.7. The second kappa shape index (κ2) is 9.60. The van der Waals surface area contributed by atoms with Crippen molar-refractivity contribution in [3.05, 3.63) is 0 Å². The van der Waals surface area contributed by atoms with Crippen molar-refractivity contribution in [3.8, 4) is 0 Å². The number of piperazine rings is 1. The molecule has 0 aromatic rings. The van der Waals surface area contributed by atoms with E-state index in [1.54, 1.807) is 6.92 Å². The summed E-state index contributed by atoms with van der Waals surface area (Å²) in [5, 5.41) is 27.8. The lowest BCUT2D eigenvalue weighted by Crippen LogP contribution is -2.48. The number of hydroxylamine groups is 2. The lowest BCUT2D eigenvalue weighted by molar-refractivity contribution is -0.136. The quantitative estimate of drug-likeness (QED) is 0.588.